The van der Waals surface area contributed by atoms with Gasteiger partial charge in [0.2, 0.25) is 0 Å². The fourth-order valence-corrected chi connectivity index (χ4v) is 0. The van der Waals surface area contributed by atoms with Crippen molar-refractivity contribution < 1.29 is 2.85 Å². The summed E-state index contributed by atoms with van der Waals surface area (Å²) in [6.45, 7) is 0. The van der Waals surface area contributed by atoms with Crippen molar-refractivity contribution in [1.29, 1.82) is 0 Å². The first kappa shape index (κ1) is 60.9. The predicted octanol–water partition coefficient (Wildman–Crippen LogP) is 0.347. The summed E-state index contributed by atoms with van der Waals surface area (Å²) in [5.74, 6) is 0. The first-order valence-electron chi connectivity index (χ1n) is 0. The monoisotopic (exact) mass is 264 g/mol. The van der Waals surface area contributed by atoms with E-state index in [-0.39, 0.29) is 115 Å². The summed E-state index contributed by atoms with van der Waals surface area (Å²) in [4.78, 5) is 0. The molecule has 0 aromatic heterocycles. The third kappa shape index (κ3) is 27.1. The molecule has 0 aliphatic carbocycles. The van der Waals surface area contributed by atoms with Crippen LogP contribution >= 0.6 is 49.6 Å². The van der Waals surface area contributed by atoms with Gasteiger partial charge in [-0.3, -0.25) is 0 Å². The second kappa shape index (κ2) is 41.8. The summed E-state index contributed by atoms with van der Waals surface area (Å²) in [7, 11) is 0. The summed E-state index contributed by atoms with van der Waals surface area (Å²) in [5, 5.41) is 0. The molecule has 0 aliphatic rings. The van der Waals surface area contributed by atoms with Crippen LogP contribution in [0.25, 0.3) is 0 Å². The topological polar surface area (TPSA) is 0 Å². The van der Waals surface area contributed by atoms with Crippen LogP contribution in [0.3, 0.4) is 0 Å². The van der Waals surface area contributed by atoms with Gasteiger partial charge in [0.1, 0.15) is 0 Å². The Labute approximate surface area is 113 Å². The number of rotatable bonds is 0. The Morgan fingerprint density at radius 1 is 0.667 bits per heavy atom. The molecule has 0 aromatic carbocycles. The third-order valence-electron chi connectivity index (χ3n) is 0. The molecule has 0 radical (unpaired) electrons. The zero-order valence-electron chi connectivity index (χ0n) is 4.34. The van der Waals surface area contributed by atoms with E-state index in [2.05, 4.69) is 0 Å². The number of hydrogen-bond acceptors (Lipinski definition) is 0. The molecule has 0 spiro atoms. The Kier molecular flexibility index (Phi) is 424. The van der Waals surface area contributed by atoms with E-state index < -0.39 is 0 Å². The van der Waals surface area contributed by atoms with Gasteiger partial charge in [0.15, 0.2) is 17.4 Å². The molecule has 6 heteroatoms. The third-order valence-corrected chi connectivity index (χ3v) is 0. The van der Waals surface area contributed by atoms with Gasteiger partial charge in [-0.1, -0.05) is 0 Å². The molecule has 0 saturated heterocycles. The molecule has 0 amide bonds. The van der Waals surface area contributed by atoms with E-state index in [1.54, 1.807) is 0 Å². The van der Waals surface area contributed by atoms with Gasteiger partial charge in [-0.25, -0.2) is 0 Å². The van der Waals surface area contributed by atoms with Crippen LogP contribution < -0.4 is 0 Å². The molecule has 0 bridgehead atoms. The van der Waals surface area contributed by atoms with Crippen molar-refractivity contribution in [3.05, 3.63) is 0 Å². The van der Waals surface area contributed by atoms with E-state index in [1.165, 1.54) is 0 Å². The van der Waals surface area contributed by atoms with Gasteiger partial charge in [0.05, 0.1) is 0 Å². The molecule has 0 heterocycles. The molecule has 42 valence electrons. The molecule has 0 aromatic rings. The number of hydrogen-bond donors (Lipinski definition) is 0. The van der Waals surface area contributed by atoms with Crippen LogP contribution in [0.15, 0.2) is 0 Å². The van der Waals surface area contributed by atoms with Crippen molar-refractivity contribution in [3.8, 4) is 0 Å². The molecule has 0 aliphatic heterocycles. The maximum atomic E-state index is 0. The van der Waals surface area contributed by atoms with Crippen LogP contribution in [0.4, 0.5) is 0 Å². The predicted molar refractivity (Wildman–Crippen MR) is 46.9 cm³/mol. The smallest absolute Gasteiger partial charge is 1.00 e. The van der Waals surface area contributed by atoms with E-state index in [4.69, 9.17) is 0 Å². The second-order valence-electron chi connectivity index (χ2n) is 0. The molecule has 0 unspecified atom stereocenters. The Morgan fingerprint density at radius 2 is 0.667 bits per heavy atom. The second-order valence-corrected chi connectivity index (χ2v) is 0. The quantitative estimate of drug-likeness (QED) is 0.555. The van der Waals surface area contributed by atoms with Crippen molar-refractivity contribution >= 4 is 112 Å². The summed E-state index contributed by atoms with van der Waals surface area (Å²) in [6.07, 6.45) is 0. The maximum absolute atomic E-state index is 0. The van der Waals surface area contributed by atoms with Gasteiger partial charge in [-0.05, 0) is 0 Å². The minimum atomic E-state index is 0. The van der Waals surface area contributed by atoms with Crippen LogP contribution in [0.2, 0.25) is 0 Å². The summed E-state index contributed by atoms with van der Waals surface area (Å²) in [5.41, 5.74) is 0. The van der Waals surface area contributed by atoms with Crippen molar-refractivity contribution in [3.63, 3.8) is 0 Å². The van der Waals surface area contributed by atoms with Crippen LogP contribution in [-0.4, -0.2) is 62.8 Å². The number of halogens is 4. The molecule has 0 rings (SSSR count). The van der Waals surface area contributed by atoms with Crippen molar-refractivity contribution in [2.24, 2.45) is 0 Å². The summed E-state index contributed by atoms with van der Waals surface area (Å²) >= 11 is 0. The largest absolute Gasteiger partial charge is 2.00 e. The summed E-state index contributed by atoms with van der Waals surface area (Å²) in [6, 6.07) is 0. The molecule has 0 fully saturated rings. The van der Waals surface area contributed by atoms with E-state index in [0.717, 1.165) is 0 Å². The van der Waals surface area contributed by atoms with Crippen LogP contribution in [0.5, 0.6) is 0 Å². The molecule has 0 saturated carbocycles. The van der Waals surface area contributed by atoms with Gasteiger partial charge < -0.3 is 2.85 Å². The molecular formula is H9AlCl4Sr. The van der Waals surface area contributed by atoms with Gasteiger partial charge in [0.25, 0.3) is 0 Å². The molecule has 0 nitrogen and oxygen atoms in total. The molecule has 0 atom stereocenters. The first-order chi connectivity index (χ1) is 0. The zero-order chi connectivity index (χ0) is 0. The van der Waals surface area contributed by atoms with Gasteiger partial charge >= 0.3 is 45.5 Å². The maximum Gasteiger partial charge on any atom is 2.00 e. The minimum absolute atomic E-state index is 0. The van der Waals surface area contributed by atoms with Gasteiger partial charge in [0, 0.05) is 0 Å². The van der Waals surface area contributed by atoms with Gasteiger partial charge in [-0.2, -0.15) is 0 Å². The molecule has 0 N–H and O–H groups in total. The first-order valence-corrected chi connectivity index (χ1v) is 0. The standard InChI is InChI=1S/Al.4ClH.Sr.5H/h;4*1H;;;;;;/q;;;;;+2;;;;2*-1. The van der Waals surface area contributed by atoms with Crippen LogP contribution in [0.1, 0.15) is 2.85 Å². The SMILES string of the molecule is Cl.Cl.Cl.Cl.[AlH3].[H-].[H-].[Sr+2]. The summed E-state index contributed by atoms with van der Waals surface area (Å²) < 4.78 is 0. The van der Waals surface area contributed by atoms with Crippen LogP contribution in [0, 0.1) is 0 Å². The van der Waals surface area contributed by atoms with E-state index in [9.17, 15) is 0 Å². The van der Waals surface area contributed by atoms with E-state index in [0.29, 0.717) is 0 Å². The fourth-order valence-electron chi connectivity index (χ4n) is 0. The van der Waals surface area contributed by atoms with E-state index >= 15 is 0 Å². The van der Waals surface area contributed by atoms with Crippen molar-refractivity contribution in [2.75, 3.05) is 0 Å². The van der Waals surface area contributed by atoms with Crippen LogP contribution in [-0.2, 0) is 0 Å². The average molecular weight is 265 g/mol. The molecule has 6 heavy (non-hydrogen) atoms. The minimum Gasteiger partial charge on any atom is -1.00 e. The normalized spacial score (nSPS) is 0. The van der Waals surface area contributed by atoms with Crippen molar-refractivity contribution in [1.82, 2.24) is 0 Å². The van der Waals surface area contributed by atoms with E-state index in [1.807, 2.05) is 0 Å². The van der Waals surface area contributed by atoms with Gasteiger partial charge in [-0.15, -0.1) is 49.6 Å². The average Bonchev–Trinajstić information content (AvgIpc) is 0. The molecular weight excluding hydrogens is 256 g/mol. The Bertz CT molecular complexity index is 14.0. The van der Waals surface area contributed by atoms with Crippen molar-refractivity contribution in [2.45, 2.75) is 0 Å². The Balaban J connectivity index is 0. The Hall–Kier alpha value is 3.17. The zero-order valence-corrected chi connectivity index (χ0v) is 9.08. The fraction of sp³-hybridized carbons (Fsp3) is 0. The Morgan fingerprint density at radius 3 is 0.667 bits per heavy atom.